The van der Waals surface area contributed by atoms with Crippen LogP contribution in [0.3, 0.4) is 0 Å². The number of carbonyl (C=O) groups is 3. The van der Waals surface area contributed by atoms with E-state index in [1.54, 1.807) is 16.2 Å². The molecule has 0 atom stereocenters. The minimum Gasteiger partial charge on any atom is -0.483 e. The predicted molar refractivity (Wildman–Crippen MR) is 120 cm³/mol. The maximum Gasteiger partial charge on any atom is 0.290 e. The molecule has 2 aliphatic heterocycles. The lowest BCUT2D eigenvalue weighted by Crippen LogP contribution is -2.38. The summed E-state index contributed by atoms with van der Waals surface area (Å²) >= 11 is 1.55. The zero-order chi connectivity index (χ0) is 23.1. The van der Waals surface area contributed by atoms with Crippen LogP contribution >= 0.6 is 11.3 Å². The number of carbonyl (C=O) groups excluding carboxylic acids is 2. The summed E-state index contributed by atoms with van der Waals surface area (Å²) < 4.78 is 0. The van der Waals surface area contributed by atoms with Crippen LogP contribution in [0.5, 0.6) is 0 Å². The molecule has 1 fully saturated rings. The van der Waals surface area contributed by atoms with Gasteiger partial charge < -0.3 is 19.8 Å². The third-order valence-corrected chi connectivity index (χ3v) is 6.57. The fourth-order valence-electron chi connectivity index (χ4n) is 3.97. The Morgan fingerprint density at radius 2 is 1.97 bits per heavy atom. The van der Waals surface area contributed by atoms with E-state index in [2.05, 4.69) is 34.1 Å². The molecule has 0 aromatic carbocycles. The van der Waals surface area contributed by atoms with Crippen LogP contribution in [-0.2, 0) is 24.2 Å². The van der Waals surface area contributed by atoms with Gasteiger partial charge in [-0.05, 0) is 39.3 Å². The second kappa shape index (κ2) is 11.2. The Morgan fingerprint density at radius 3 is 2.72 bits per heavy atom. The van der Waals surface area contributed by atoms with Crippen molar-refractivity contribution in [3.05, 3.63) is 33.0 Å². The molecule has 4 rings (SSSR count). The van der Waals surface area contributed by atoms with E-state index in [-0.39, 0.29) is 18.3 Å². The van der Waals surface area contributed by atoms with Crippen molar-refractivity contribution in [2.24, 2.45) is 0 Å². The minimum absolute atomic E-state index is 0.00119. The van der Waals surface area contributed by atoms with Crippen molar-refractivity contribution >= 4 is 29.6 Å². The average Bonchev–Trinajstić information content (AvgIpc) is 3.36. The van der Waals surface area contributed by atoms with Gasteiger partial charge in [0.05, 0.1) is 17.2 Å². The molecule has 0 spiro atoms. The summed E-state index contributed by atoms with van der Waals surface area (Å²) in [5.74, 6) is -0.0476. The number of rotatable bonds is 4. The molecule has 4 heterocycles. The molecule has 10 nitrogen and oxygen atoms in total. The molecule has 0 aliphatic carbocycles. The van der Waals surface area contributed by atoms with Crippen molar-refractivity contribution in [2.75, 3.05) is 39.8 Å². The fourth-order valence-corrected chi connectivity index (χ4v) is 4.84. The summed E-state index contributed by atoms with van der Waals surface area (Å²) in [6.07, 6.45) is 3.54. The lowest BCUT2D eigenvalue weighted by atomic mass is 10.0. The molecule has 0 bridgehead atoms. The summed E-state index contributed by atoms with van der Waals surface area (Å²) in [5, 5.41) is 17.1. The van der Waals surface area contributed by atoms with Crippen LogP contribution in [-0.4, -0.2) is 93.0 Å². The summed E-state index contributed by atoms with van der Waals surface area (Å²) in [5.41, 5.74) is 2.87. The average molecular weight is 463 g/mol. The van der Waals surface area contributed by atoms with E-state index in [9.17, 15) is 9.59 Å². The second-order valence-electron chi connectivity index (χ2n) is 7.94. The van der Waals surface area contributed by atoms with Gasteiger partial charge in [0, 0.05) is 37.1 Å². The van der Waals surface area contributed by atoms with Gasteiger partial charge in [0.2, 0.25) is 0 Å². The molecule has 0 unspecified atom stereocenters. The van der Waals surface area contributed by atoms with E-state index in [4.69, 9.17) is 9.90 Å². The number of thiazole rings is 1. The zero-order valence-electron chi connectivity index (χ0n) is 18.5. The normalized spacial score (nSPS) is 16.6. The van der Waals surface area contributed by atoms with Crippen molar-refractivity contribution in [3.8, 4) is 0 Å². The Kier molecular flexibility index (Phi) is 8.34. The summed E-state index contributed by atoms with van der Waals surface area (Å²) in [7, 11) is 2.09. The first-order valence-electron chi connectivity index (χ1n) is 10.8. The number of likely N-dealkylation sites (N-methyl/N-ethyl adjacent to an activating group) is 1. The third kappa shape index (κ3) is 5.52. The van der Waals surface area contributed by atoms with Gasteiger partial charge in [0.25, 0.3) is 18.3 Å². The Labute approximate surface area is 191 Å². The monoisotopic (exact) mass is 462 g/mol. The number of fused-ring (bicyclic) bond motifs is 1. The molecular weight excluding hydrogens is 432 g/mol. The van der Waals surface area contributed by atoms with E-state index in [1.165, 1.54) is 0 Å². The van der Waals surface area contributed by atoms with Crippen LogP contribution in [0, 0.1) is 0 Å². The second-order valence-corrected chi connectivity index (χ2v) is 8.88. The van der Waals surface area contributed by atoms with Crippen LogP contribution in [0.4, 0.5) is 0 Å². The van der Waals surface area contributed by atoms with E-state index >= 15 is 0 Å². The van der Waals surface area contributed by atoms with E-state index < -0.39 is 0 Å². The fraction of sp³-hybridized carbons (Fsp3) is 0.571. The van der Waals surface area contributed by atoms with E-state index in [0.29, 0.717) is 30.9 Å². The van der Waals surface area contributed by atoms with Gasteiger partial charge in [0.1, 0.15) is 5.69 Å². The summed E-state index contributed by atoms with van der Waals surface area (Å²) in [4.78, 5) is 44.7. The molecule has 0 saturated carbocycles. The van der Waals surface area contributed by atoms with Crippen molar-refractivity contribution in [3.63, 3.8) is 0 Å². The van der Waals surface area contributed by atoms with Gasteiger partial charge in [0.15, 0.2) is 5.69 Å². The Hall–Kier alpha value is -2.79. The largest absolute Gasteiger partial charge is 0.483 e. The quantitative estimate of drug-likeness (QED) is 0.660. The van der Waals surface area contributed by atoms with Crippen LogP contribution in [0.2, 0.25) is 0 Å². The standard InChI is InChI=1S/C20H28N6O2S.CH2O2/c1-3-5-17-21-16(13-29-17)19(27)26-9-6-14-15(12-26)22-23-18(14)20(28)25-8-4-7-24(2)10-11-25;2-1-3/h13H,3-12H2,1-2H3,(H,22,23);1H,(H,2,3). The van der Waals surface area contributed by atoms with E-state index in [0.717, 1.165) is 61.7 Å². The van der Waals surface area contributed by atoms with Gasteiger partial charge in [-0.15, -0.1) is 11.3 Å². The lowest BCUT2D eigenvalue weighted by molar-refractivity contribution is -0.122. The Bertz CT molecular complexity index is 943. The number of hydrogen-bond donors (Lipinski definition) is 2. The number of aromatic nitrogens is 3. The molecule has 0 radical (unpaired) electrons. The number of aryl methyl sites for hydroxylation is 1. The predicted octanol–water partition coefficient (Wildman–Crippen LogP) is 1.50. The molecule has 11 heteroatoms. The molecule has 2 amide bonds. The highest BCUT2D eigenvalue weighted by Gasteiger charge is 2.30. The van der Waals surface area contributed by atoms with Crippen molar-refractivity contribution in [1.29, 1.82) is 0 Å². The van der Waals surface area contributed by atoms with Crippen LogP contribution in [0.25, 0.3) is 0 Å². The number of aromatic amines is 1. The highest BCUT2D eigenvalue weighted by molar-refractivity contribution is 7.09. The molecule has 2 aromatic heterocycles. The number of amides is 2. The Balaban J connectivity index is 0.000000913. The molecule has 2 aromatic rings. The third-order valence-electron chi connectivity index (χ3n) is 5.66. The minimum atomic E-state index is -0.250. The number of nitrogens with one attached hydrogen (secondary N) is 1. The first kappa shape index (κ1) is 23.9. The lowest BCUT2D eigenvalue weighted by Gasteiger charge is -2.27. The maximum atomic E-state index is 13.0. The SMILES string of the molecule is CCCc1nc(C(=O)N2CCc3c(C(=O)N4CCCN(C)CC4)n[nH]c3C2)cs1.O=CO. The highest BCUT2D eigenvalue weighted by Crippen LogP contribution is 2.24. The van der Waals surface area contributed by atoms with Gasteiger partial charge in [-0.1, -0.05) is 6.92 Å². The van der Waals surface area contributed by atoms with Crippen molar-refractivity contribution in [1.82, 2.24) is 29.9 Å². The number of nitrogens with zero attached hydrogens (tertiary/aromatic N) is 5. The van der Waals surface area contributed by atoms with Crippen LogP contribution < -0.4 is 0 Å². The first-order chi connectivity index (χ1) is 15.5. The first-order valence-corrected chi connectivity index (χ1v) is 11.7. The number of hydrogen-bond acceptors (Lipinski definition) is 7. The summed E-state index contributed by atoms with van der Waals surface area (Å²) in [6.45, 7) is 6.26. The molecule has 174 valence electrons. The zero-order valence-corrected chi connectivity index (χ0v) is 19.4. The van der Waals surface area contributed by atoms with Crippen LogP contribution in [0.15, 0.2) is 5.38 Å². The van der Waals surface area contributed by atoms with Gasteiger partial charge in [-0.2, -0.15) is 5.10 Å². The van der Waals surface area contributed by atoms with Gasteiger partial charge in [-0.25, -0.2) is 4.98 Å². The molecule has 1 saturated heterocycles. The molecule has 2 N–H and O–H groups in total. The maximum absolute atomic E-state index is 13.0. The topological polar surface area (TPSA) is 123 Å². The summed E-state index contributed by atoms with van der Waals surface area (Å²) in [6, 6.07) is 0. The van der Waals surface area contributed by atoms with Crippen LogP contribution in [0.1, 0.15) is 57.0 Å². The number of carboxylic acid groups (broad SMARTS) is 1. The van der Waals surface area contributed by atoms with Gasteiger partial charge in [-0.3, -0.25) is 19.5 Å². The molecular formula is C21H30N6O4S. The highest BCUT2D eigenvalue weighted by atomic mass is 32.1. The van der Waals surface area contributed by atoms with Crippen molar-refractivity contribution in [2.45, 2.75) is 39.2 Å². The van der Waals surface area contributed by atoms with Crippen molar-refractivity contribution < 1.29 is 19.5 Å². The van der Waals surface area contributed by atoms with E-state index in [1.807, 2.05) is 10.3 Å². The Morgan fingerprint density at radius 1 is 1.19 bits per heavy atom. The molecule has 32 heavy (non-hydrogen) atoms. The van der Waals surface area contributed by atoms with Gasteiger partial charge >= 0.3 is 0 Å². The molecule has 2 aliphatic rings. The smallest absolute Gasteiger partial charge is 0.290 e. The number of H-pyrrole nitrogens is 1.